The van der Waals surface area contributed by atoms with Crippen LogP contribution in [-0.4, -0.2) is 22.3 Å². The van der Waals surface area contributed by atoms with Crippen molar-refractivity contribution in [1.82, 2.24) is 4.90 Å². The van der Waals surface area contributed by atoms with Crippen LogP contribution in [0.2, 0.25) is 0 Å². The van der Waals surface area contributed by atoms with Gasteiger partial charge in [-0.15, -0.1) is 0 Å². The predicted octanol–water partition coefficient (Wildman–Crippen LogP) is 0.684. The van der Waals surface area contributed by atoms with Crippen LogP contribution in [0.5, 0.6) is 0 Å². The first-order valence-electron chi connectivity index (χ1n) is 4.18. The molecular formula is C9H12N2O2. The van der Waals surface area contributed by atoms with E-state index in [2.05, 4.69) is 0 Å². The highest BCUT2D eigenvalue weighted by molar-refractivity contribution is 6.04. The van der Waals surface area contributed by atoms with E-state index in [9.17, 15) is 9.59 Å². The summed E-state index contributed by atoms with van der Waals surface area (Å²) < 4.78 is 0. The fraction of sp³-hybridized carbons (Fsp3) is 0.667. The first-order chi connectivity index (χ1) is 5.90. The summed E-state index contributed by atoms with van der Waals surface area (Å²) in [5, 5.41) is 8.78. The molecule has 4 heteroatoms. The maximum Gasteiger partial charge on any atom is 0.233 e. The Morgan fingerprint density at radius 2 is 2.08 bits per heavy atom. The number of amides is 2. The van der Waals surface area contributed by atoms with Crippen LogP contribution < -0.4 is 0 Å². The summed E-state index contributed by atoms with van der Waals surface area (Å²) in [5.41, 5.74) is -1.01. The van der Waals surface area contributed by atoms with Crippen molar-refractivity contribution in [3.63, 3.8) is 0 Å². The van der Waals surface area contributed by atoms with Crippen LogP contribution in [-0.2, 0) is 9.59 Å². The number of nitriles is 1. The highest BCUT2D eigenvalue weighted by atomic mass is 16.2. The monoisotopic (exact) mass is 180 g/mol. The normalized spacial score (nSPS) is 23.5. The average Bonchev–Trinajstić information content (AvgIpc) is 2.27. The second-order valence-electron chi connectivity index (χ2n) is 3.84. The second-order valence-corrected chi connectivity index (χ2v) is 3.84. The minimum absolute atomic E-state index is 0.226. The number of rotatable bonds is 1. The van der Waals surface area contributed by atoms with Crippen molar-refractivity contribution < 1.29 is 9.59 Å². The molecule has 1 aliphatic heterocycles. The summed E-state index contributed by atoms with van der Waals surface area (Å²) >= 11 is 0. The van der Waals surface area contributed by atoms with Gasteiger partial charge in [-0.3, -0.25) is 14.5 Å². The lowest BCUT2D eigenvalue weighted by atomic mass is 10.1. The standard InChI is InChI=1S/C9H12N2O2/c1-6-4-7(12)11(8(6)13)9(2,3)5-10/h6H,4H2,1-3H3. The van der Waals surface area contributed by atoms with Crippen LogP contribution >= 0.6 is 0 Å². The summed E-state index contributed by atoms with van der Waals surface area (Å²) in [7, 11) is 0. The zero-order chi connectivity index (χ0) is 10.2. The molecule has 13 heavy (non-hydrogen) atoms. The molecule has 0 spiro atoms. The molecule has 1 aliphatic rings. The van der Waals surface area contributed by atoms with Crippen molar-refractivity contribution >= 4 is 11.8 Å². The molecule has 1 heterocycles. The summed E-state index contributed by atoms with van der Waals surface area (Å²) in [6, 6.07) is 1.95. The van der Waals surface area contributed by atoms with Gasteiger partial charge in [-0.05, 0) is 13.8 Å². The van der Waals surface area contributed by atoms with Gasteiger partial charge < -0.3 is 0 Å². The van der Waals surface area contributed by atoms with Crippen LogP contribution in [0, 0.1) is 17.2 Å². The Morgan fingerprint density at radius 3 is 2.38 bits per heavy atom. The van der Waals surface area contributed by atoms with Gasteiger partial charge in [0.1, 0.15) is 5.54 Å². The first-order valence-corrected chi connectivity index (χ1v) is 4.18. The zero-order valence-corrected chi connectivity index (χ0v) is 8.00. The highest BCUT2D eigenvalue weighted by Gasteiger charge is 2.44. The molecule has 1 fully saturated rings. The molecule has 2 amide bonds. The highest BCUT2D eigenvalue weighted by Crippen LogP contribution is 2.26. The van der Waals surface area contributed by atoms with Crippen molar-refractivity contribution in [1.29, 1.82) is 5.26 Å². The molecule has 1 rings (SSSR count). The smallest absolute Gasteiger partial charge is 0.233 e. The minimum atomic E-state index is -1.01. The van der Waals surface area contributed by atoms with E-state index in [4.69, 9.17) is 5.26 Å². The molecule has 70 valence electrons. The Hall–Kier alpha value is -1.37. The molecule has 0 saturated carbocycles. The average molecular weight is 180 g/mol. The molecule has 0 aromatic rings. The van der Waals surface area contributed by atoms with Crippen LogP contribution in [0.1, 0.15) is 27.2 Å². The van der Waals surface area contributed by atoms with Crippen LogP contribution in [0.15, 0.2) is 0 Å². The van der Waals surface area contributed by atoms with Crippen molar-refractivity contribution in [2.45, 2.75) is 32.7 Å². The third kappa shape index (κ3) is 1.42. The summed E-state index contributed by atoms with van der Waals surface area (Å²) in [6.07, 6.45) is 0.226. The van der Waals surface area contributed by atoms with Crippen molar-refractivity contribution in [3.8, 4) is 6.07 Å². The first kappa shape index (κ1) is 9.72. The van der Waals surface area contributed by atoms with E-state index in [1.807, 2.05) is 6.07 Å². The maximum absolute atomic E-state index is 11.5. The quantitative estimate of drug-likeness (QED) is 0.557. The third-order valence-corrected chi connectivity index (χ3v) is 2.20. The van der Waals surface area contributed by atoms with Gasteiger partial charge in [0.15, 0.2) is 0 Å². The van der Waals surface area contributed by atoms with E-state index >= 15 is 0 Å². The Balaban J connectivity index is 3.01. The number of nitrogens with zero attached hydrogens (tertiary/aromatic N) is 2. The van der Waals surface area contributed by atoms with Gasteiger partial charge in [-0.25, -0.2) is 0 Å². The van der Waals surface area contributed by atoms with Crippen molar-refractivity contribution in [2.75, 3.05) is 0 Å². The van der Waals surface area contributed by atoms with Gasteiger partial charge in [0, 0.05) is 12.3 Å². The molecule has 0 aliphatic carbocycles. The maximum atomic E-state index is 11.5. The lowest BCUT2D eigenvalue weighted by molar-refractivity contribution is -0.143. The fourth-order valence-corrected chi connectivity index (χ4v) is 1.42. The third-order valence-electron chi connectivity index (χ3n) is 2.20. The molecule has 0 radical (unpaired) electrons. The number of likely N-dealkylation sites (tertiary alicyclic amines) is 1. The van der Waals surface area contributed by atoms with Gasteiger partial charge in [-0.1, -0.05) is 6.92 Å². The minimum Gasteiger partial charge on any atom is -0.274 e. The summed E-state index contributed by atoms with van der Waals surface area (Å²) in [5.74, 6) is -0.763. The number of hydrogen-bond donors (Lipinski definition) is 0. The fourth-order valence-electron chi connectivity index (χ4n) is 1.42. The van der Waals surface area contributed by atoms with Crippen molar-refractivity contribution in [3.05, 3.63) is 0 Å². The molecular weight excluding hydrogens is 168 g/mol. The Kier molecular flexibility index (Phi) is 2.12. The van der Waals surface area contributed by atoms with Gasteiger partial charge in [-0.2, -0.15) is 5.26 Å². The summed E-state index contributed by atoms with van der Waals surface area (Å²) in [6.45, 7) is 4.84. The molecule has 0 N–H and O–H groups in total. The number of carbonyl (C=O) groups is 2. The largest absolute Gasteiger partial charge is 0.274 e. The van der Waals surface area contributed by atoms with Crippen LogP contribution in [0.4, 0.5) is 0 Å². The molecule has 0 aromatic carbocycles. The van der Waals surface area contributed by atoms with Gasteiger partial charge >= 0.3 is 0 Å². The number of imide groups is 1. The van der Waals surface area contributed by atoms with Crippen molar-refractivity contribution in [2.24, 2.45) is 5.92 Å². The van der Waals surface area contributed by atoms with Gasteiger partial charge in [0.2, 0.25) is 11.8 Å². The number of carbonyl (C=O) groups excluding carboxylic acids is 2. The van der Waals surface area contributed by atoms with Crippen LogP contribution in [0.3, 0.4) is 0 Å². The molecule has 0 bridgehead atoms. The Labute approximate surface area is 77.1 Å². The van der Waals surface area contributed by atoms with E-state index in [1.165, 1.54) is 0 Å². The zero-order valence-electron chi connectivity index (χ0n) is 8.00. The van der Waals surface area contributed by atoms with E-state index < -0.39 is 5.54 Å². The van der Waals surface area contributed by atoms with Gasteiger partial charge in [0.05, 0.1) is 6.07 Å². The van der Waals surface area contributed by atoms with E-state index in [1.54, 1.807) is 20.8 Å². The van der Waals surface area contributed by atoms with E-state index in [0.29, 0.717) is 0 Å². The molecule has 4 nitrogen and oxygen atoms in total. The predicted molar refractivity (Wildman–Crippen MR) is 45.3 cm³/mol. The lowest BCUT2D eigenvalue weighted by Gasteiger charge is -2.26. The Bertz CT molecular complexity index is 301. The van der Waals surface area contributed by atoms with E-state index in [0.717, 1.165) is 4.90 Å². The van der Waals surface area contributed by atoms with Gasteiger partial charge in [0.25, 0.3) is 0 Å². The molecule has 1 saturated heterocycles. The molecule has 1 unspecified atom stereocenters. The van der Waals surface area contributed by atoms with Crippen LogP contribution in [0.25, 0.3) is 0 Å². The Morgan fingerprint density at radius 1 is 1.54 bits per heavy atom. The second kappa shape index (κ2) is 2.84. The molecule has 1 atom stereocenters. The topological polar surface area (TPSA) is 61.2 Å². The lowest BCUT2D eigenvalue weighted by Crippen LogP contribution is -2.46. The summed E-state index contributed by atoms with van der Waals surface area (Å²) in [4.78, 5) is 23.9. The number of hydrogen-bond acceptors (Lipinski definition) is 3. The van der Waals surface area contributed by atoms with E-state index in [-0.39, 0.29) is 24.2 Å². The SMILES string of the molecule is CC1CC(=O)N(C(C)(C)C#N)C1=O. The molecule has 0 aromatic heterocycles.